The average molecular weight is 1620 g/mol. The Morgan fingerprint density at radius 3 is 1.29 bits per heavy atom. The zero-order valence-corrected chi connectivity index (χ0v) is 73.1. The molecule has 0 saturated heterocycles. The minimum Gasteiger partial charge on any atom is -0.456 e. The van der Waals surface area contributed by atoms with Crippen LogP contribution < -0.4 is 26.2 Å². The van der Waals surface area contributed by atoms with Crippen molar-refractivity contribution in [1.82, 2.24) is 9.13 Å². The molecule has 0 aliphatic carbocycles. The van der Waals surface area contributed by atoms with Crippen LogP contribution in [0.3, 0.4) is 0 Å². The van der Waals surface area contributed by atoms with E-state index in [1.54, 1.807) is 15.9 Å². The highest BCUT2D eigenvalue weighted by Gasteiger charge is 2.47. The molecule has 0 radical (unpaired) electrons. The number of hydrogen-bond donors (Lipinski definition) is 0. The molecule has 7 heteroatoms. The topological polar surface area (TPSA) is 29.5 Å². The Morgan fingerprint density at radius 2 is 0.724 bits per heavy atom. The fourth-order valence-electron chi connectivity index (χ4n) is 19.7. The summed E-state index contributed by atoms with van der Waals surface area (Å²) < 4.78 is 93.5. The third-order valence-electron chi connectivity index (χ3n) is 26.1. The number of anilines is 6. The van der Waals surface area contributed by atoms with E-state index in [9.17, 15) is 11.0 Å². The largest absolute Gasteiger partial charge is 0.456 e. The van der Waals surface area contributed by atoms with Gasteiger partial charge in [0.25, 0.3) is 6.71 Å². The standard InChI is InChI=1S/C116H99BN4OS/c1-112(2,3)74-51-48-70(49-52-74)73-50-56-93-99(60-73)120(111-91(83-40-30-45-104-107(83)85-38-24-28-44-103(85)122-104)65-78(116(13,14)15)66-92(111)84-41-31-47-106-108(84)86-39-25-29-46-105(86)123-106)101-68-80(119-95-42-26-22-36-81(95)82-37-23-27-43-96(82)119)69-102-109(101)117(93)94-57-55-79(118-97-58-53-75(113(4,5)6)61-89(97)90-62-76(114(7,8)9)54-59-98(90)118)67-100(94)121(102)110-87(71-32-18-16-19-33-71)63-77(115(10,11)12)64-88(110)72-34-20-17-21-35-72/h16-69H,1-15H3/i22D,23D,26D,27D,36D,37D,42D,43D. The number of benzene rings is 16. The van der Waals surface area contributed by atoms with E-state index in [4.69, 9.17) is 4.42 Å². The number of furan rings is 1. The van der Waals surface area contributed by atoms with Crippen LogP contribution in [0.15, 0.2) is 332 Å². The molecule has 6 heterocycles. The van der Waals surface area contributed by atoms with E-state index < -0.39 is 65.9 Å². The van der Waals surface area contributed by atoms with Gasteiger partial charge in [-0.15, -0.1) is 11.3 Å². The zero-order valence-electron chi connectivity index (χ0n) is 80.2. The Morgan fingerprint density at radius 1 is 0.285 bits per heavy atom. The zero-order chi connectivity index (χ0) is 91.2. The second-order valence-corrected chi connectivity index (χ2v) is 40.1. The lowest BCUT2D eigenvalue weighted by Crippen LogP contribution is -2.61. The third kappa shape index (κ3) is 12.2. The third-order valence-corrected chi connectivity index (χ3v) is 27.3. The van der Waals surface area contributed by atoms with Crippen molar-refractivity contribution in [1.29, 1.82) is 0 Å². The second-order valence-electron chi connectivity index (χ2n) is 39.1. The molecule has 0 atom stereocenters. The molecule has 0 unspecified atom stereocenters. The molecule has 20 aromatic rings. The first-order chi connectivity index (χ1) is 62.5. The van der Waals surface area contributed by atoms with Gasteiger partial charge in [-0.25, -0.2) is 0 Å². The van der Waals surface area contributed by atoms with E-state index in [0.29, 0.717) is 17.1 Å². The van der Waals surface area contributed by atoms with Gasteiger partial charge in [0.2, 0.25) is 0 Å². The van der Waals surface area contributed by atoms with Crippen LogP contribution in [0.2, 0.25) is 0 Å². The summed E-state index contributed by atoms with van der Waals surface area (Å²) in [7, 11) is 0. The number of thiophene rings is 1. The van der Waals surface area contributed by atoms with Crippen LogP contribution in [0.1, 0.15) is 143 Å². The van der Waals surface area contributed by atoms with Crippen molar-refractivity contribution in [3.8, 4) is 67.0 Å². The average Bonchev–Trinajstić information content (AvgIpc) is 0.978. The first-order valence-electron chi connectivity index (χ1n) is 47.1. The summed E-state index contributed by atoms with van der Waals surface area (Å²) in [5.74, 6) is 0. The van der Waals surface area contributed by atoms with Crippen LogP contribution >= 0.6 is 11.3 Å². The van der Waals surface area contributed by atoms with Crippen LogP contribution in [0.5, 0.6) is 0 Å². The SMILES string of the molecule is [2H]c1c([2H])c([2H])c2c(c1[2H])c1c([2H])c([2H])c([2H])c([2H])c1n2-c1cc2c3c(c1)N(c1c(-c4cccc5oc6ccccc6c45)cc(C(C)(C)C)cc1-c1cccc4sc5ccccc5c14)c1cc(-c4ccc(C(C)(C)C)cc4)ccc1B3c1ccc(-n3c4ccc(C(C)(C)C)cc4c4cc(C(C)(C)C)ccc43)cc1N2c1c(-c2ccccc2)cc(C(C)(C)C)cc1-c1ccccc1. The molecule has 0 spiro atoms. The van der Waals surface area contributed by atoms with Gasteiger partial charge in [-0.05, 0) is 220 Å². The minimum atomic E-state index is -0.604. The quantitative estimate of drug-likeness (QED) is 0.135. The maximum absolute atomic E-state index is 10.5. The molecular weight excluding hydrogens is 1510 g/mol. The van der Waals surface area contributed by atoms with Crippen molar-refractivity contribution >= 4 is 154 Å². The first-order valence-corrected chi connectivity index (χ1v) is 43.9. The monoisotopic (exact) mass is 1610 g/mol. The fraction of sp³-hybridized carbons (Fsp3) is 0.172. The molecule has 0 bridgehead atoms. The van der Waals surface area contributed by atoms with E-state index in [1.807, 2.05) is 12.1 Å². The smallest absolute Gasteiger partial charge is 0.252 e. The number of fused-ring (bicyclic) bond motifs is 16. The van der Waals surface area contributed by atoms with Gasteiger partial charge in [-0.3, -0.25) is 0 Å². The lowest BCUT2D eigenvalue weighted by molar-refractivity contribution is 0.590. The van der Waals surface area contributed by atoms with Gasteiger partial charge in [0.05, 0.1) is 50.1 Å². The second kappa shape index (κ2) is 27.7. The van der Waals surface area contributed by atoms with Crippen molar-refractivity contribution in [2.75, 3.05) is 9.80 Å². The normalized spacial score (nSPS) is 14.2. The molecule has 0 saturated carbocycles. The summed E-state index contributed by atoms with van der Waals surface area (Å²) in [6.07, 6.45) is 0. The molecule has 123 heavy (non-hydrogen) atoms. The number of hydrogen-bond acceptors (Lipinski definition) is 4. The summed E-state index contributed by atoms with van der Waals surface area (Å²) in [5.41, 5.74) is 26.8. The van der Waals surface area contributed by atoms with Gasteiger partial charge < -0.3 is 23.4 Å². The fourth-order valence-corrected chi connectivity index (χ4v) is 20.8. The highest BCUT2D eigenvalue weighted by molar-refractivity contribution is 7.26. The number of para-hydroxylation sites is 3. The van der Waals surface area contributed by atoms with Gasteiger partial charge in [0, 0.05) is 103 Å². The van der Waals surface area contributed by atoms with Gasteiger partial charge in [0.1, 0.15) is 11.2 Å². The molecule has 2 aliphatic rings. The van der Waals surface area contributed by atoms with E-state index in [-0.39, 0.29) is 38.1 Å². The van der Waals surface area contributed by atoms with Crippen molar-refractivity contribution in [2.45, 2.75) is 131 Å². The lowest BCUT2D eigenvalue weighted by atomic mass is 9.33. The van der Waals surface area contributed by atoms with Gasteiger partial charge in [0.15, 0.2) is 0 Å². The van der Waals surface area contributed by atoms with Gasteiger partial charge in [-0.1, -0.05) is 316 Å². The predicted molar refractivity (Wildman–Crippen MR) is 530 cm³/mol. The first kappa shape index (κ1) is 67.5. The number of rotatable bonds is 9. The molecule has 2 aliphatic heterocycles. The molecule has 5 nitrogen and oxygen atoms in total. The van der Waals surface area contributed by atoms with Crippen LogP contribution in [0.25, 0.3) is 153 Å². The Hall–Kier alpha value is -13.2. The molecule has 0 amide bonds. The Labute approximate surface area is 737 Å². The van der Waals surface area contributed by atoms with Crippen molar-refractivity contribution < 1.29 is 15.4 Å². The van der Waals surface area contributed by atoms with E-state index >= 15 is 0 Å². The highest BCUT2D eigenvalue weighted by atomic mass is 32.1. The Kier molecular flexibility index (Phi) is 15.2. The predicted octanol–water partition coefficient (Wildman–Crippen LogP) is 31.1. The van der Waals surface area contributed by atoms with Crippen LogP contribution in [0.4, 0.5) is 34.1 Å². The van der Waals surface area contributed by atoms with Gasteiger partial charge in [-0.2, -0.15) is 0 Å². The van der Waals surface area contributed by atoms with Crippen molar-refractivity contribution in [3.63, 3.8) is 0 Å². The molecule has 598 valence electrons. The molecule has 0 fully saturated rings. The van der Waals surface area contributed by atoms with E-state index in [0.717, 1.165) is 176 Å². The summed E-state index contributed by atoms with van der Waals surface area (Å²) in [6.45, 7) is 33.6. The number of nitrogens with zero attached hydrogens (tertiary/aromatic N) is 4. The summed E-state index contributed by atoms with van der Waals surface area (Å²) >= 11 is 1.78. The van der Waals surface area contributed by atoms with E-state index in [2.05, 4.69) is 385 Å². The van der Waals surface area contributed by atoms with Crippen LogP contribution in [0, 0.1) is 0 Å². The minimum absolute atomic E-state index is 0.000935. The van der Waals surface area contributed by atoms with Gasteiger partial charge >= 0.3 is 0 Å². The Bertz CT molecular complexity index is 7950. The van der Waals surface area contributed by atoms with Crippen LogP contribution in [-0.2, 0) is 27.1 Å². The number of aromatic nitrogens is 2. The summed E-state index contributed by atoms with van der Waals surface area (Å²) in [4.78, 5) is 5.03. The molecule has 0 N–H and O–H groups in total. The summed E-state index contributed by atoms with van der Waals surface area (Å²) in [5, 5.41) is 6.36. The molecule has 4 aromatic heterocycles. The van der Waals surface area contributed by atoms with Crippen molar-refractivity contribution in [2.24, 2.45) is 0 Å². The lowest BCUT2D eigenvalue weighted by Gasteiger charge is -2.46. The molecule has 22 rings (SSSR count). The highest BCUT2D eigenvalue weighted by Crippen LogP contribution is 2.58. The maximum Gasteiger partial charge on any atom is 0.252 e. The summed E-state index contributed by atoms with van der Waals surface area (Å²) in [6, 6.07) is 99.2. The van der Waals surface area contributed by atoms with E-state index in [1.165, 1.54) is 16.7 Å². The van der Waals surface area contributed by atoms with Crippen LogP contribution in [-0.4, -0.2) is 15.8 Å². The molecule has 16 aromatic carbocycles. The Balaban J connectivity index is 0.994. The maximum atomic E-state index is 10.5. The van der Waals surface area contributed by atoms with Crippen molar-refractivity contribution in [3.05, 3.63) is 355 Å². The molecular formula is C116H99BN4OS.